The standard InChI is InChI=1S/C16H22O3/c1-5-14(17)15(16(18)19-4)13-8-6-12(7-9-13)10-11(2)3/h6-9,11,15H,5,10H2,1-4H3. The maximum Gasteiger partial charge on any atom is 0.320 e. The van der Waals surface area contributed by atoms with Gasteiger partial charge in [0, 0.05) is 6.42 Å². The van der Waals surface area contributed by atoms with E-state index in [-0.39, 0.29) is 5.78 Å². The molecule has 3 nitrogen and oxygen atoms in total. The van der Waals surface area contributed by atoms with Crippen LogP contribution in [0.15, 0.2) is 24.3 Å². The van der Waals surface area contributed by atoms with Gasteiger partial charge in [0.1, 0.15) is 5.92 Å². The summed E-state index contributed by atoms with van der Waals surface area (Å²) in [7, 11) is 1.31. The van der Waals surface area contributed by atoms with Crippen molar-refractivity contribution < 1.29 is 14.3 Å². The lowest BCUT2D eigenvalue weighted by atomic mass is 9.91. The number of benzene rings is 1. The lowest BCUT2D eigenvalue weighted by Crippen LogP contribution is -2.22. The van der Waals surface area contributed by atoms with Crippen molar-refractivity contribution >= 4 is 11.8 Å². The first-order valence-corrected chi connectivity index (χ1v) is 6.69. The highest BCUT2D eigenvalue weighted by Gasteiger charge is 2.27. The predicted molar refractivity (Wildman–Crippen MR) is 75.0 cm³/mol. The number of ketones is 1. The number of Topliss-reactive ketones (excluding diaryl/α,β-unsaturated/α-hetero) is 1. The molecule has 1 rings (SSSR count). The van der Waals surface area contributed by atoms with Gasteiger partial charge in [-0.3, -0.25) is 9.59 Å². The van der Waals surface area contributed by atoms with E-state index in [1.807, 2.05) is 24.3 Å². The van der Waals surface area contributed by atoms with Crippen LogP contribution in [0.5, 0.6) is 0 Å². The Morgan fingerprint density at radius 1 is 1.16 bits per heavy atom. The van der Waals surface area contributed by atoms with Crippen molar-refractivity contribution in [2.24, 2.45) is 5.92 Å². The average molecular weight is 262 g/mol. The van der Waals surface area contributed by atoms with Gasteiger partial charge in [0.2, 0.25) is 0 Å². The van der Waals surface area contributed by atoms with Gasteiger partial charge in [0.05, 0.1) is 7.11 Å². The van der Waals surface area contributed by atoms with E-state index in [1.165, 1.54) is 12.7 Å². The summed E-state index contributed by atoms with van der Waals surface area (Å²) in [6.45, 7) is 6.07. The van der Waals surface area contributed by atoms with E-state index in [1.54, 1.807) is 6.92 Å². The van der Waals surface area contributed by atoms with E-state index in [0.717, 1.165) is 6.42 Å². The third-order valence-corrected chi connectivity index (χ3v) is 3.06. The molecule has 0 fully saturated rings. The molecule has 0 bridgehead atoms. The van der Waals surface area contributed by atoms with Crippen molar-refractivity contribution in [2.45, 2.75) is 39.5 Å². The Labute approximate surface area is 115 Å². The smallest absolute Gasteiger partial charge is 0.320 e. The molecule has 0 spiro atoms. The fourth-order valence-electron chi connectivity index (χ4n) is 2.09. The number of methoxy groups -OCH3 is 1. The summed E-state index contributed by atoms with van der Waals surface area (Å²) in [5, 5.41) is 0. The molecule has 0 amide bonds. The zero-order valence-corrected chi connectivity index (χ0v) is 12.1. The number of esters is 1. The van der Waals surface area contributed by atoms with Crippen LogP contribution in [-0.2, 0) is 20.7 Å². The van der Waals surface area contributed by atoms with E-state index in [0.29, 0.717) is 17.9 Å². The van der Waals surface area contributed by atoms with E-state index >= 15 is 0 Å². The van der Waals surface area contributed by atoms with Crippen molar-refractivity contribution in [3.63, 3.8) is 0 Å². The lowest BCUT2D eigenvalue weighted by molar-refractivity contribution is -0.145. The lowest BCUT2D eigenvalue weighted by Gasteiger charge is -2.14. The first-order valence-electron chi connectivity index (χ1n) is 6.69. The van der Waals surface area contributed by atoms with E-state index in [2.05, 4.69) is 13.8 Å². The summed E-state index contributed by atoms with van der Waals surface area (Å²) < 4.78 is 4.72. The van der Waals surface area contributed by atoms with Crippen LogP contribution in [0.3, 0.4) is 0 Å². The Hall–Kier alpha value is -1.64. The fourth-order valence-corrected chi connectivity index (χ4v) is 2.09. The number of carbonyl (C=O) groups is 2. The molecule has 104 valence electrons. The van der Waals surface area contributed by atoms with Gasteiger partial charge in [0.15, 0.2) is 5.78 Å². The van der Waals surface area contributed by atoms with Crippen LogP contribution < -0.4 is 0 Å². The number of hydrogen-bond donors (Lipinski definition) is 0. The molecule has 0 saturated heterocycles. The summed E-state index contributed by atoms with van der Waals surface area (Å²) >= 11 is 0. The normalized spacial score (nSPS) is 12.3. The topological polar surface area (TPSA) is 43.4 Å². The molecule has 0 aliphatic carbocycles. The van der Waals surface area contributed by atoms with Gasteiger partial charge in [-0.25, -0.2) is 0 Å². The molecule has 0 aromatic heterocycles. The van der Waals surface area contributed by atoms with E-state index in [4.69, 9.17) is 4.74 Å². The van der Waals surface area contributed by atoms with Crippen LogP contribution in [0.25, 0.3) is 0 Å². The average Bonchev–Trinajstić information content (AvgIpc) is 2.39. The Morgan fingerprint density at radius 3 is 2.16 bits per heavy atom. The maximum atomic E-state index is 11.9. The molecule has 1 aromatic rings. The molecule has 3 heteroatoms. The van der Waals surface area contributed by atoms with Crippen LogP contribution >= 0.6 is 0 Å². The highest BCUT2D eigenvalue weighted by Crippen LogP contribution is 2.21. The first kappa shape index (κ1) is 15.4. The van der Waals surface area contributed by atoms with Crippen LogP contribution in [0, 0.1) is 5.92 Å². The third-order valence-electron chi connectivity index (χ3n) is 3.06. The van der Waals surface area contributed by atoms with Crippen LogP contribution in [-0.4, -0.2) is 18.9 Å². The quantitative estimate of drug-likeness (QED) is 0.584. The minimum absolute atomic E-state index is 0.108. The van der Waals surface area contributed by atoms with E-state index in [9.17, 15) is 9.59 Å². The second-order valence-corrected chi connectivity index (χ2v) is 5.12. The molecule has 0 N–H and O–H groups in total. The second kappa shape index (κ2) is 7.07. The summed E-state index contributed by atoms with van der Waals surface area (Å²) in [5.41, 5.74) is 1.93. The SMILES string of the molecule is CCC(=O)C(C(=O)OC)c1ccc(CC(C)C)cc1. The molecule has 0 aliphatic heterocycles. The number of rotatable bonds is 6. The molecule has 1 atom stereocenters. The van der Waals surface area contributed by atoms with Gasteiger partial charge in [-0.15, -0.1) is 0 Å². The number of hydrogen-bond acceptors (Lipinski definition) is 3. The summed E-state index contributed by atoms with van der Waals surface area (Å²) in [4.78, 5) is 23.6. The largest absolute Gasteiger partial charge is 0.468 e. The molecule has 19 heavy (non-hydrogen) atoms. The van der Waals surface area contributed by atoms with Crippen molar-refractivity contribution in [3.05, 3.63) is 35.4 Å². The second-order valence-electron chi connectivity index (χ2n) is 5.12. The zero-order valence-electron chi connectivity index (χ0n) is 12.1. The molecule has 1 aromatic carbocycles. The highest BCUT2D eigenvalue weighted by molar-refractivity contribution is 6.04. The molecule has 0 aliphatic rings. The van der Waals surface area contributed by atoms with Crippen LogP contribution in [0.4, 0.5) is 0 Å². The van der Waals surface area contributed by atoms with Gasteiger partial charge in [-0.05, 0) is 23.5 Å². The van der Waals surface area contributed by atoms with Gasteiger partial charge in [-0.2, -0.15) is 0 Å². The fraction of sp³-hybridized carbons (Fsp3) is 0.500. The highest BCUT2D eigenvalue weighted by atomic mass is 16.5. The molecule has 1 unspecified atom stereocenters. The zero-order chi connectivity index (χ0) is 14.4. The molecule has 0 heterocycles. The van der Waals surface area contributed by atoms with Gasteiger partial charge in [-0.1, -0.05) is 45.0 Å². The number of carbonyl (C=O) groups excluding carboxylic acids is 2. The Balaban J connectivity index is 2.97. The molecular formula is C16H22O3. The molecule has 0 saturated carbocycles. The van der Waals surface area contributed by atoms with Gasteiger partial charge >= 0.3 is 5.97 Å². The summed E-state index contributed by atoms with van der Waals surface area (Å²) in [6, 6.07) is 7.67. The third kappa shape index (κ3) is 4.19. The van der Waals surface area contributed by atoms with Crippen molar-refractivity contribution in [2.75, 3.05) is 7.11 Å². The summed E-state index contributed by atoms with van der Waals surface area (Å²) in [6.07, 6.45) is 1.32. The summed E-state index contributed by atoms with van der Waals surface area (Å²) in [5.74, 6) is -0.797. The van der Waals surface area contributed by atoms with Gasteiger partial charge < -0.3 is 4.74 Å². The first-order chi connectivity index (χ1) is 8.99. The van der Waals surface area contributed by atoms with Crippen molar-refractivity contribution in [3.8, 4) is 0 Å². The Morgan fingerprint density at radius 2 is 1.74 bits per heavy atom. The predicted octanol–water partition coefficient (Wildman–Crippen LogP) is 3.12. The monoisotopic (exact) mass is 262 g/mol. The van der Waals surface area contributed by atoms with Crippen LogP contribution in [0.2, 0.25) is 0 Å². The van der Waals surface area contributed by atoms with Crippen molar-refractivity contribution in [1.82, 2.24) is 0 Å². The van der Waals surface area contributed by atoms with Crippen LogP contribution in [0.1, 0.15) is 44.2 Å². The molecular weight excluding hydrogens is 240 g/mol. The number of ether oxygens (including phenoxy) is 1. The van der Waals surface area contributed by atoms with Crippen molar-refractivity contribution in [1.29, 1.82) is 0 Å². The molecule has 0 radical (unpaired) electrons. The minimum Gasteiger partial charge on any atom is -0.468 e. The Kier molecular flexibility index (Phi) is 5.74. The van der Waals surface area contributed by atoms with E-state index < -0.39 is 11.9 Å². The Bertz CT molecular complexity index is 416. The maximum absolute atomic E-state index is 11.9. The van der Waals surface area contributed by atoms with Gasteiger partial charge in [0.25, 0.3) is 0 Å². The minimum atomic E-state index is -0.789.